The summed E-state index contributed by atoms with van der Waals surface area (Å²) in [6.45, 7) is 3.82. The number of aliphatic hydroxyl groups excluding tert-OH is 1. The predicted molar refractivity (Wildman–Crippen MR) is 129 cm³/mol. The molecule has 1 N–H and O–H groups in total. The van der Waals surface area contributed by atoms with Gasteiger partial charge in [0.2, 0.25) is 0 Å². The van der Waals surface area contributed by atoms with Gasteiger partial charge in [0.25, 0.3) is 11.7 Å². The van der Waals surface area contributed by atoms with Crippen LogP contribution in [-0.4, -0.2) is 36.0 Å². The van der Waals surface area contributed by atoms with Crippen molar-refractivity contribution < 1.29 is 24.2 Å². The number of methoxy groups -OCH3 is 2. The predicted octanol–water partition coefficient (Wildman–Crippen LogP) is 5.00. The van der Waals surface area contributed by atoms with E-state index in [2.05, 4.69) is 4.98 Å². The Morgan fingerprint density at radius 1 is 1.03 bits per heavy atom. The van der Waals surface area contributed by atoms with E-state index in [0.29, 0.717) is 17.0 Å². The maximum absolute atomic E-state index is 13.4. The van der Waals surface area contributed by atoms with Crippen LogP contribution in [0.2, 0.25) is 5.02 Å². The van der Waals surface area contributed by atoms with Crippen LogP contribution in [0, 0.1) is 13.8 Å². The molecule has 174 valence electrons. The van der Waals surface area contributed by atoms with Gasteiger partial charge in [-0.2, -0.15) is 0 Å². The van der Waals surface area contributed by atoms with Crippen molar-refractivity contribution in [2.24, 2.45) is 0 Å². The Balaban J connectivity index is 2.01. The van der Waals surface area contributed by atoms with Crippen LogP contribution in [0.25, 0.3) is 5.76 Å². The monoisotopic (exact) mass is 478 g/mol. The number of aliphatic hydroxyl groups is 1. The van der Waals surface area contributed by atoms with Crippen molar-refractivity contribution in [3.8, 4) is 11.5 Å². The first-order chi connectivity index (χ1) is 16.3. The van der Waals surface area contributed by atoms with Crippen LogP contribution >= 0.6 is 11.6 Å². The molecule has 0 saturated carbocycles. The minimum absolute atomic E-state index is 0.0726. The van der Waals surface area contributed by atoms with Gasteiger partial charge in [-0.25, -0.2) is 0 Å². The lowest BCUT2D eigenvalue weighted by molar-refractivity contribution is -0.132. The molecule has 1 fully saturated rings. The van der Waals surface area contributed by atoms with Crippen molar-refractivity contribution in [3.63, 3.8) is 0 Å². The Bertz CT molecular complexity index is 1320. The number of aromatic nitrogens is 1. The van der Waals surface area contributed by atoms with Crippen molar-refractivity contribution >= 4 is 34.7 Å². The Kier molecular flexibility index (Phi) is 6.30. The first-order valence-corrected chi connectivity index (χ1v) is 10.9. The van der Waals surface area contributed by atoms with E-state index in [9.17, 15) is 14.7 Å². The van der Waals surface area contributed by atoms with E-state index < -0.39 is 23.5 Å². The third kappa shape index (κ3) is 3.78. The van der Waals surface area contributed by atoms with Crippen molar-refractivity contribution in [3.05, 3.63) is 87.7 Å². The molecule has 8 heteroatoms. The highest BCUT2D eigenvalue weighted by Gasteiger charge is 2.47. The number of hydrogen-bond donors (Lipinski definition) is 1. The molecule has 1 atom stereocenters. The first kappa shape index (κ1) is 23.3. The summed E-state index contributed by atoms with van der Waals surface area (Å²) in [5.41, 5.74) is 3.13. The van der Waals surface area contributed by atoms with E-state index >= 15 is 0 Å². The fraction of sp³-hybridized carbons (Fsp3) is 0.192. The number of benzene rings is 2. The summed E-state index contributed by atoms with van der Waals surface area (Å²) in [5, 5.41) is 11.6. The summed E-state index contributed by atoms with van der Waals surface area (Å²) < 4.78 is 10.6. The minimum Gasteiger partial charge on any atom is -0.507 e. The summed E-state index contributed by atoms with van der Waals surface area (Å²) in [7, 11) is 2.88. The molecular formula is C26H23ClN2O5. The van der Waals surface area contributed by atoms with Gasteiger partial charge in [0, 0.05) is 24.1 Å². The molecule has 4 rings (SSSR count). The van der Waals surface area contributed by atoms with Gasteiger partial charge < -0.3 is 14.6 Å². The second-order valence-corrected chi connectivity index (χ2v) is 8.26. The molecule has 1 aliphatic heterocycles. The molecule has 1 aromatic heterocycles. The Labute approximate surface area is 202 Å². The van der Waals surface area contributed by atoms with Crippen molar-refractivity contribution in [1.29, 1.82) is 0 Å². The minimum atomic E-state index is -0.880. The van der Waals surface area contributed by atoms with Gasteiger partial charge in [-0.05, 0) is 54.8 Å². The van der Waals surface area contributed by atoms with Gasteiger partial charge in [0.1, 0.15) is 17.3 Å². The van der Waals surface area contributed by atoms with Crippen molar-refractivity contribution in [2.75, 3.05) is 19.1 Å². The van der Waals surface area contributed by atoms with Gasteiger partial charge in [0.15, 0.2) is 0 Å². The standard InChI is InChI=1S/C26H23ClN2O5/c1-14-6-5-7-19(15(14)2)29-23(16-8-10-28-11-9-16)22(25(31)26(29)32)24(30)17-12-18(27)21(34-4)13-20(17)33-3/h5-13,23,30H,1-4H3/b24-22+. The Morgan fingerprint density at radius 3 is 2.35 bits per heavy atom. The van der Waals surface area contributed by atoms with Crippen LogP contribution < -0.4 is 14.4 Å². The molecule has 1 amide bonds. The number of halogens is 1. The topological polar surface area (TPSA) is 89.0 Å². The SMILES string of the molecule is COc1cc(OC)c(/C(O)=C2\C(=O)C(=O)N(c3cccc(C)c3C)C2c2ccncc2)cc1Cl. The normalized spacial score (nSPS) is 17.2. The molecule has 2 heterocycles. The van der Waals surface area contributed by atoms with Gasteiger partial charge in [-0.3, -0.25) is 19.5 Å². The van der Waals surface area contributed by atoms with Crippen LogP contribution in [0.1, 0.15) is 28.3 Å². The zero-order valence-electron chi connectivity index (χ0n) is 19.1. The number of ketones is 1. The van der Waals surface area contributed by atoms with E-state index in [1.165, 1.54) is 31.3 Å². The van der Waals surface area contributed by atoms with E-state index in [0.717, 1.165) is 11.1 Å². The van der Waals surface area contributed by atoms with Crippen LogP contribution in [0.15, 0.2) is 60.4 Å². The molecule has 0 bridgehead atoms. The van der Waals surface area contributed by atoms with Crippen LogP contribution in [0.4, 0.5) is 5.69 Å². The lowest BCUT2D eigenvalue weighted by atomic mass is 9.95. The van der Waals surface area contributed by atoms with Gasteiger partial charge in [-0.15, -0.1) is 0 Å². The van der Waals surface area contributed by atoms with Crippen LogP contribution in [-0.2, 0) is 9.59 Å². The number of nitrogens with zero attached hydrogens (tertiary/aromatic N) is 2. The second-order valence-electron chi connectivity index (χ2n) is 7.86. The quantitative estimate of drug-likeness (QED) is 0.315. The lowest BCUT2D eigenvalue weighted by Crippen LogP contribution is -2.30. The molecule has 1 aliphatic rings. The molecule has 1 saturated heterocycles. The summed E-state index contributed by atoms with van der Waals surface area (Å²) in [6, 6.07) is 11.0. The number of pyridine rings is 1. The molecule has 0 aliphatic carbocycles. The number of amides is 1. The van der Waals surface area contributed by atoms with E-state index in [-0.39, 0.29) is 21.9 Å². The zero-order valence-corrected chi connectivity index (χ0v) is 19.9. The number of anilines is 1. The molecule has 3 aromatic rings. The van der Waals surface area contributed by atoms with Crippen LogP contribution in [0.5, 0.6) is 11.5 Å². The maximum atomic E-state index is 13.4. The highest BCUT2D eigenvalue weighted by molar-refractivity contribution is 6.52. The number of hydrogen-bond acceptors (Lipinski definition) is 6. The molecule has 2 aromatic carbocycles. The smallest absolute Gasteiger partial charge is 0.300 e. The summed E-state index contributed by atoms with van der Waals surface area (Å²) in [5.74, 6) is -1.36. The Morgan fingerprint density at radius 2 is 1.71 bits per heavy atom. The fourth-order valence-corrected chi connectivity index (χ4v) is 4.37. The highest BCUT2D eigenvalue weighted by Crippen LogP contribution is 2.45. The third-order valence-electron chi connectivity index (χ3n) is 6.03. The van der Waals surface area contributed by atoms with Crippen LogP contribution in [0.3, 0.4) is 0 Å². The Hall–Kier alpha value is -3.84. The van der Waals surface area contributed by atoms with Gasteiger partial charge >= 0.3 is 0 Å². The van der Waals surface area contributed by atoms with Gasteiger partial charge in [-0.1, -0.05) is 23.7 Å². The van der Waals surface area contributed by atoms with E-state index in [1.807, 2.05) is 26.0 Å². The summed E-state index contributed by atoms with van der Waals surface area (Å²) >= 11 is 6.31. The number of carbonyl (C=O) groups is 2. The van der Waals surface area contributed by atoms with E-state index in [4.69, 9.17) is 21.1 Å². The average Bonchev–Trinajstić information content (AvgIpc) is 3.11. The van der Waals surface area contributed by atoms with E-state index in [1.54, 1.807) is 30.6 Å². The number of ether oxygens (including phenoxy) is 2. The first-order valence-electron chi connectivity index (χ1n) is 10.5. The zero-order chi connectivity index (χ0) is 24.6. The molecule has 0 spiro atoms. The third-order valence-corrected chi connectivity index (χ3v) is 6.33. The summed E-state index contributed by atoms with van der Waals surface area (Å²) in [4.78, 5) is 32.2. The van der Waals surface area contributed by atoms with Crippen molar-refractivity contribution in [1.82, 2.24) is 4.98 Å². The number of Topliss-reactive ketones (excluding diaryl/α,β-unsaturated/α-hetero) is 1. The number of carbonyl (C=O) groups excluding carboxylic acids is 2. The molecule has 1 unspecified atom stereocenters. The fourth-order valence-electron chi connectivity index (χ4n) is 4.13. The molecule has 34 heavy (non-hydrogen) atoms. The summed E-state index contributed by atoms with van der Waals surface area (Å²) in [6.07, 6.45) is 3.15. The maximum Gasteiger partial charge on any atom is 0.300 e. The van der Waals surface area contributed by atoms with Gasteiger partial charge in [0.05, 0.1) is 36.4 Å². The number of aryl methyl sites for hydroxylation is 1. The lowest BCUT2D eigenvalue weighted by Gasteiger charge is -2.27. The molecular weight excluding hydrogens is 456 g/mol. The molecule has 7 nitrogen and oxygen atoms in total. The molecule has 0 radical (unpaired) electrons. The largest absolute Gasteiger partial charge is 0.507 e. The second kappa shape index (κ2) is 9.19. The highest BCUT2D eigenvalue weighted by atomic mass is 35.5. The average molecular weight is 479 g/mol. The number of rotatable bonds is 5. The van der Waals surface area contributed by atoms with Crippen molar-refractivity contribution in [2.45, 2.75) is 19.9 Å².